The lowest BCUT2D eigenvalue weighted by Crippen LogP contribution is -2.36. The molecule has 1 saturated carbocycles. The van der Waals surface area contributed by atoms with Crippen LogP contribution in [0.3, 0.4) is 0 Å². The monoisotopic (exact) mass is 481 g/mol. The Bertz CT molecular complexity index is 1170. The molecule has 3 aromatic rings. The van der Waals surface area contributed by atoms with Gasteiger partial charge in [-0.1, -0.05) is 79.8 Å². The number of aryl methyl sites for hydroxylation is 1. The zero-order valence-electron chi connectivity index (χ0n) is 19.1. The van der Waals surface area contributed by atoms with Gasteiger partial charge in [-0.25, -0.2) is 4.98 Å². The van der Waals surface area contributed by atoms with Crippen molar-refractivity contribution in [3.05, 3.63) is 58.2 Å². The number of allylic oxidation sites excluding steroid dienone is 1. The summed E-state index contributed by atoms with van der Waals surface area (Å²) in [5, 5.41) is 6.40. The molecule has 4 rings (SSSR count). The number of hydrogen-bond donors (Lipinski definition) is 1. The number of amides is 1. The topological polar surface area (TPSA) is 64.0 Å². The second-order valence-electron chi connectivity index (χ2n) is 8.69. The highest BCUT2D eigenvalue weighted by atomic mass is 32.2. The first-order valence-electron chi connectivity index (χ1n) is 11.7. The maximum Gasteiger partial charge on any atom is 0.263 e. The molecule has 1 aliphatic rings. The molecule has 1 aliphatic carbocycles. The van der Waals surface area contributed by atoms with Crippen LogP contribution in [0.15, 0.2) is 52.3 Å². The number of hydrogen-bond acceptors (Lipinski definition) is 5. The molecule has 0 saturated heterocycles. The van der Waals surface area contributed by atoms with Crippen LogP contribution in [-0.4, -0.2) is 27.3 Å². The van der Waals surface area contributed by atoms with E-state index >= 15 is 0 Å². The van der Waals surface area contributed by atoms with E-state index in [1.807, 2.05) is 36.6 Å². The van der Waals surface area contributed by atoms with E-state index in [4.69, 9.17) is 4.98 Å². The number of carbonyl (C=O) groups excluding carboxylic acids is 1. The maximum atomic E-state index is 13.5. The van der Waals surface area contributed by atoms with Gasteiger partial charge in [-0.3, -0.25) is 14.2 Å². The molecule has 174 valence electrons. The van der Waals surface area contributed by atoms with Gasteiger partial charge >= 0.3 is 0 Å². The van der Waals surface area contributed by atoms with Gasteiger partial charge < -0.3 is 5.32 Å². The fourth-order valence-corrected chi connectivity index (χ4v) is 6.16. The predicted octanol–water partition coefficient (Wildman–Crippen LogP) is 5.94. The first kappa shape index (κ1) is 23.8. The van der Waals surface area contributed by atoms with E-state index in [1.54, 1.807) is 10.6 Å². The van der Waals surface area contributed by atoms with Crippen molar-refractivity contribution in [2.75, 3.05) is 5.75 Å². The molecular weight excluding hydrogens is 450 g/mol. The van der Waals surface area contributed by atoms with Gasteiger partial charge in [0.25, 0.3) is 5.56 Å². The summed E-state index contributed by atoms with van der Waals surface area (Å²) in [5.74, 6) is 0.263. The molecule has 1 fully saturated rings. The summed E-state index contributed by atoms with van der Waals surface area (Å²) in [6.45, 7) is 6.22. The van der Waals surface area contributed by atoms with Crippen molar-refractivity contribution in [1.29, 1.82) is 0 Å². The third-order valence-electron chi connectivity index (χ3n) is 6.14. The minimum absolute atomic E-state index is 0.0107. The fraction of sp³-hybridized carbons (Fsp3) is 0.423. The van der Waals surface area contributed by atoms with Gasteiger partial charge in [-0.15, -0.1) is 17.9 Å². The highest BCUT2D eigenvalue weighted by Gasteiger charge is 2.19. The number of thiophene rings is 1. The molecule has 1 aromatic carbocycles. The van der Waals surface area contributed by atoms with Crippen LogP contribution in [0, 0.1) is 6.92 Å². The lowest BCUT2D eigenvalue weighted by atomic mass is 9.97. The largest absolute Gasteiger partial charge is 0.353 e. The van der Waals surface area contributed by atoms with Crippen LogP contribution in [0.1, 0.15) is 50.5 Å². The summed E-state index contributed by atoms with van der Waals surface area (Å²) in [4.78, 5) is 31.6. The zero-order chi connectivity index (χ0) is 23.2. The van der Waals surface area contributed by atoms with Crippen LogP contribution < -0.4 is 10.9 Å². The van der Waals surface area contributed by atoms with E-state index in [0.29, 0.717) is 21.9 Å². The minimum atomic E-state index is -0.0837. The smallest absolute Gasteiger partial charge is 0.263 e. The number of nitrogens with zero attached hydrogens (tertiary/aromatic N) is 2. The summed E-state index contributed by atoms with van der Waals surface area (Å²) in [7, 11) is 0. The average Bonchev–Trinajstić information content (AvgIpc) is 3.21. The van der Waals surface area contributed by atoms with E-state index in [1.165, 1.54) is 60.8 Å². The third-order valence-corrected chi connectivity index (χ3v) is 7.98. The quantitative estimate of drug-likeness (QED) is 0.258. The summed E-state index contributed by atoms with van der Waals surface area (Å²) >= 11 is 2.80. The molecule has 1 N–H and O–H groups in total. The van der Waals surface area contributed by atoms with Gasteiger partial charge in [0.2, 0.25) is 5.91 Å². The predicted molar refractivity (Wildman–Crippen MR) is 139 cm³/mol. The molecular formula is C26H31N3O2S2. The van der Waals surface area contributed by atoms with E-state index in [-0.39, 0.29) is 23.3 Å². The molecule has 2 heterocycles. The number of rotatable bonds is 7. The van der Waals surface area contributed by atoms with Crippen LogP contribution in [0.4, 0.5) is 0 Å². The van der Waals surface area contributed by atoms with Crippen molar-refractivity contribution in [2.45, 2.75) is 69.6 Å². The summed E-state index contributed by atoms with van der Waals surface area (Å²) < 4.78 is 1.63. The van der Waals surface area contributed by atoms with Gasteiger partial charge in [0.1, 0.15) is 4.83 Å². The van der Waals surface area contributed by atoms with E-state index < -0.39 is 0 Å². The molecule has 7 heteroatoms. The molecule has 2 aromatic heterocycles. The zero-order valence-corrected chi connectivity index (χ0v) is 20.8. The highest BCUT2D eigenvalue weighted by Crippen LogP contribution is 2.32. The molecule has 5 nitrogen and oxygen atoms in total. The van der Waals surface area contributed by atoms with Crippen molar-refractivity contribution >= 4 is 39.2 Å². The lowest BCUT2D eigenvalue weighted by Gasteiger charge is -2.21. The van der Waals surface area contributed by atoms with Gasteiger partial charge in [-0.05, 0) is 25.3 Å². The Labute approximate surface area is 203 Å². The normalized spacial score (nSPS) is 15.2. The Morgan fingerprint density at radius 2 is 1.91 bits per heavy atom. The summed E-state index contributed by atoms with van der Waals surface area (Å²) in [5.41, 5.74) is 3.01. The first-order chi connectivity index (χ1) is 16.1. The molecule has 0 radical (unpaired) electrons. The van der Waals surface area contributed by atoms with Crippen LogP contribution in [0.25, 0.3) is 21.3 Å². The minimum Gasteiger partial charge on any atom is -0.353 e. The number of fused-ring (bicyclic) bond motifs is 1. The highest BCUT2D eigenvalue weighted by molar-refractivity contribution is 7.99. The SMILES string of the molecule is C=CCn1c(SCC(=O)NC2CCCCCCC2)nc2scc(-c3ccc(C)cc3)c2c1=O. The average molecular weight is 482 g/mol. The van der Waals surface area contributed by atoms with Crippen LogP contribution in [-0.2, 0) is 11.3 Å². The van der Waals surface area contributed by atoms with E-state index in [2.05, 4.69) is 11.9 Å². The second-order valence-corrected chi connectivity index (χ2v) is 10.5. The molecule has 0 atom stereocenters. The van der Waals surface area contributed by atoms with E-state index in [0.717, 1.165) is 24.0 Å². The number of benzene rings is 1. The van der Waals surface area contributed by atoms with Crippen molar-refractivity contribution in [1.82, 2.24) is 14.9 Å². The Morgan fingerprint density at radius 3 is 2.61 bits per heavy atom. The van der Waals surface area contributed by atoms with Gasteiger partial charge in [0, 0.05) is 23.5 Å². The van der Waals surface area contributed by atoms with Crippen molar-refractivity contribution in [3.63, 3.8) is 0 Å². The number of nitrogens with one attached hydrogen (secondary N) is 1. The molecule has 0 unspecified atom stereocenters. The standard InChI is InChI=1S/C26H31N3O2S2/c1-3-15-29-25(31)23-21(19-13-11-18(2)12-14-19)16-32-24(23)28-26(29)33-17-22(30)27-20-9-7-5-4-6-8-10-20/h3,11-14,16,20H,1,4-10,15,17H2,2H3,(H,27,30). The van der Waals surface area contributed by atoms with Crippen LogP contribution in [0.5, 0.6) is 0 Å². The third kappa shape index (κ3) is 5.76. The Balaban J connectivity index is 1.55. The second kappa shape index (κ2) is 11.2. The lowest BCUT2D eigenvalue weighted by molar-refractivity contribution is -0.119. The Morgan fingerprint density at radius 1 is 1.21 bits per heavy atom. The number of carbonyl (C=O) groups is 1. The summed E-state index contributed by atoms with van der Waals surface area (Å²) in [6.07, 6.45) is 9.98. The molecule has 0 aliphatic heterocycles. The van der Waals surface area contributed by atoms with Gasteiger partial charge in [0.15, 0.2) is 5.16 Å². The first-order valence-corrected chi connectivity index (χ1v) is 13.6. The van der Waals surface area contributed by atoms with Crippen molar-refractivity contribution in [3.8, 4) is 11.1 Å². The maximum absolute atomic E-state index is 13.5. The van der Waals surface area contributed by atoms with Crippen LogP contribution >= 0.6 is 23.1 Å². The fourth-order valence-electron chi connectivity index (χ4n) is 4.35. The Kier molecular flexibility index (Phi) is 8.04. The van der Waals surface area contributed by atoms with Gasteiger partial charge in [-0.2, -0.15) is 0 Å². The molecule has 0 spiro atoms. The van der Waals surface area contributed by atoms with E-state index in [9.17, 15) is 9.59 Å². The van der Waals surface area contributed by atoms with Crippen molar-refractivity contribution < 1.29 is 4.79 Å². The molecule has 33 heavy (non-hydrogen) atoms. The number of aromatic nitrogens is 2. The van der Waals surface area contributed by atoms with Crippen molar-refractivity contribution in [2.24, 2.45) is 0 Å². The summed E-state index contributed by atoms with van der Waals surface area (Å²) in [6, 6.07) is 8.44. The van der Waals surface area contributed by atoms with Crippen LogP contribution in [0.2, 0.25) is 0 Å². The Hall–Kier alpha value is -2.38. The molecule has 0 bridgehead atoms. The van der Waals surface area contributed by atoms with Gasteiger partial charge in [0.05, 0.1) is 11.1 Å². The molecule has 1 amide bonds. The number of thioether (sulfide) groups is 1.